The average molecular weight is 577 g/mol. The Balaban J connectivity index is 0.000000344. The fraction of sp³-hybridized carbons (Fsp3) is 0.720. The summed E-state index contributed by atoms with van der Waals surface area (Å²) >= 11 is 1.91. The number of hydrogen-bond acceptors (Lipinski definition) is 3. The van der Waals surface area contributed by atoms with Crippen molar-refractivity contribution in [3.05, 3.63) is 29.8 Å². The third-order valence-corrected chi connectivity index (χ3v) is 18.4. The van der Waals surface area contributed by atoms with E-state index in [0.29, 0.717) is 6.42 Å². The molecule has 0 N–H and O–H groups in total. The zero-order chi connectivity index (χ0) is 23.6. The first kappa shape index (κ1) is 27.9. The van der Waals surface area contributed by atoms with Crippen molar-refractivity contribution in [2.24, 2.45) is 0 Å². The first-order chi connectivity index (χ1) is 15.2. The van der Waals surface area contributed by atoms with E-state index < -0.39 is 42.7 Å². The van der Waals surface area contributed by atoms with Gasteiger partial charge in [-0.1, -0.05) is 19.8 Å². The molecule has 2 aliphatic rings. The number of hydrogen-bond donors (Lipinski definition) is 1. The quantitative estimate of drug-likeness (QED) is 0.305. The number of carbonyl (C=O) groups excluding carboxylic acids is 1. The van der Waals surface area contributed by atoms with Gasteiger partial charge in [0.25, 0.3) is 0 Å². The molecule has 3 rings (SSSR count). The third-order valence-electron chi connectivity index (χ3n) is 6.74. The van der Waals surface area contributed by atoms with Gasteiger partial charge in [0, 0.05) is 5.25 Å². The molecule has 0 saturated heterocycles. The number of carboxylic acid groups (broad SMARTS) is 1. The van der Waals surface area contributed by atoms with Gasteiger partial charge in [-0.05, 0) is 6.42 Å². The van der Waals surface area contributed by atoms with Crippen LogP contribution in [0.3, 0.4) is 0 Å². The summed E-state index contributed by atoms with van der Waals surface area (Å²) in [6.45, 7) is 2.01. The molecule has 0 aromatic heterocycles. The predicted octanol–water partition coefficient (Wildman–Crippen LogP) is 6.30. The monoisotopic (exact) mass is 578 g/mol. The van der Waals surface area contributed by atoms with Crippen LogP contribution in [0.2, 0.25) is 7.87 Å². The second kappa shape index (κ2) is 14.1. The van der Waals surface area contributed by atoms with Crippen LogP contribution in [-0.4, -0.2) is 31.0 Å². The molecule has 0 radical (unpaired) electrons. The van der Waals surface area contributed by atoms with Crippen LogP contribution in [0.1, 0.15) is 96.0 Å². The fourth-order valence-electron chi connectivity index (χ4n) is 5.00. The van der Waals surface area contributed by atoms with Gasteiger partial charge < -0.3 is 9.90 Å². The van der Waals surface area contributed by atoms with E-state index in [9.17, 15) is 23.1 Å². The van der Waals surface area contributed by atoms with E-state index in [0.717, 1.165) is 20.7 Å². The van der Waals surface area contributed by atoms with Crippen molar-refractivity contribution < 1.29 is 23.1 Å². The van der Waals surface area contributed by atoms with Gasteiger partial charge in [0.15, 0.2) is 0 Å². The van der Waals surface area contributed by atoms with E-state index in [1.54, 1.807) is 0 Å². The van der Waals surface area contributed by atoms with Crippen LogP contribution in [0.15, 0.2) is 24.3 Å². The molecule has 1 atom stereocenters. The Kier molecular flexibility index (Phi) is 12.3. The summed E-state index contributed by atoms with van der Waals surface area (Å²) in [6.07, 6.45) is 11.7. The van der Waals surface area contributed by atoms with E-state index in [1.807, 2.05) is 19.1 Å². The minimum atomic E-state index is -4.21. The summed E-state index contributed by atoms with van der Waals surface area (Å²) in [7, 11) is 0. The van der Waals surface area contributed by atoms with Crippen LogP contribution in [0.5, 0.6) is 0 Å². The molecule has 7 heteroatoms. The Bertz CT molecular complexity index is 651. The SMILES string of the molecule is CCCCC(S)C(=O)[O-].FC(F)(F)c1cc[c]([Sn+]([CH]2CCCCC2)[CH]2CCCCC2)cc1. The normalized spacial score (nSPS) is 19.0. The molecule has 0 heterocycles. The summed E-state index contributed by atoms with van der Waals surface area (Å²) in [5, 5.41) is 9.44. The van der Waals surface area contributed by atoms with Crippen LogP contribution in [0.25, 0.3) is 0 Å². The first-order valence-corrected chi connectivity index (χ1v) is 17.4. The first-order valence-electron chi connectivity index (χ1n) is 12.2. The molecular formula is C25H37F3O2SSn. The maximum absolute atomic E-state index is 12.8. The number of carboxylic acids is 1. The van der Waals surface area contributed by atoms with Crippen molar-refractivity contribution >= 4 is 41.9 Å². The molecule has 32 heavy (non-hydrogen) atoms. The number of alkyl halides is 3. The third kappa shape index (κ3) is 9.11. The molecule has 1 unspecified atom stereocenters. The molecule has 2 aliphatic carbocycles. The van der Waals surface area contributed by atoms with Gasteiger partial charge in [0.2, 0.25) is 0 Å². The molecule has 2 nitrogen and oxygen atoms in total. The summed E-state index contributed by atoms with van der Waals surface area (Å²) in [5.74, 6) is -1.06. The number of unbranched alkanes of at least 4 members (excludes halogenated alkanes) is 1. The van der Waals surface area contributed by atoms with Gasteiger partial charge in [-0.15, -0.1) is 0 Å². The van der Waals surface area contributed by atoms with Gasteiger partial charge in [-0.2, -0.15) is 12.6 Å². The number of aliphatic carboxylic acids is 1. The molecule has 0 spiro atoms. The molecule has 1 aromatic carbocycles. The molecule has 0 amide bonds. The van der Waals surface area contributed by atoms with E-state index in [2.05, 4.69) is 12.6 Å². The van der Waals surface area contributed by atoms with Crippen molar-refractivity contribution in [1.29, 1.82) is 0 Å². The molecule has 1 aromatic rings. The predicted molar refractivity (Wildman–Crippen MR) is 128 cm³/mol. The Labute approximate surface area is 203 Å². The number of rotatable bonds is 7. The Morgan fingerprint density at radius 3 is 1.84 bits per heavy atom. The zero-order valence-electron chi connectivity index (χ0n) is 19.1. The molecule has 0 bridgehead atoms. The number of halogens is 3. The Hall–Kier alpha value is -0.371. The minimum absolute atomic E-state index is 0.490. The van der Waals surface area contributed by atoms with Crippen LogP contribution >= 0.6 is 12.6 Å². The van der Waals surface area contributed by atoms with Gasteiger partial charge in [0.05, 0.1) is 5.97 Å². The molecule has 2 fully saturated rings. The van der Waals surface area contributed by atoms with E-state index in [-0.39, 0.29) is 0 Å². The second-order valence-electron chi connectivity index (χ2n) is 9.18. The number of thiol groups is 1. The number of carbonyl (C=O) groups is 1. The van der Waals surface area contributed by atoms with E-state index in [4.69, 9.17) is 0 Å². The standard InChI is InChI=1S/C7H4F3.C6H12O2S.2C6H11.Sn/c8-7(9,10)6-4-2-1-3-5-6;1-2-3-4-5(9)6(7)8;2*1-2-4-6-5-3-1;/h2-5H;5,9H,2-4H2,1H3,(H,7,8);2*1H,2-6H2;/q;;;;+1/p-1. The van der Waals surface area contributed by atoms with Crippen LogP contribution in [-0.2, 0) is 11.0 Å². The molecule has 180 valence electrons. The Morgan fingerprint density at radius 1 is 1.00 bits per heavy atom. The summed E-state index contributed by atoms with van der Waals surface area (Å²) in [4.78, 5) is 10.0. The average Bonchev–Trinajstić information content (AvgIpc) is 2.79. The van der Waals surface area contributed by atoms with Gasteiger partial charge >= 0.3 is 145 Å². The van der Waals surface area contributed by atoms with E-state index >= 15 is 0 Å². The van der Waals surface area contributed by atoms with Crippen LogP contribution in [0, 0.1) is 0 Å². The molecule has 2 saturated carbocycles. The van der Waals surface area contributed by atoms with Crippen LogP contribution in [0.4, 0.5) is 13.2 Å². The fourth-order valence-corrected chi connectivity index (χ4v) is 17.2. The molecular weight excluding hydrogens is 540 g/mol. The van der Waals surface area contributed by atoms with Crippen molar-refractivity contribution in [3.8, 4) is 0 Å². The summed E-state index contributed by atoms with van der Waals surface area (Å²) < 4.78 is 41.6. The van der Waals surface area contributed by atoms with E-state index in [1.165, 1.54) is 79.9 Å². The van der Waals surface area contributed by atoms with Crippen molar-refractivity contribution in [3.63, 3.8) is 0 Å². The second-order valence-corrected chi connectivity index (χ2v) is 18.7. The van der Waals surface area contributed by atoms with Crippen LogP contribution < -0.4 is 8.69 Å². The summed E-state index contributed by atoms with van der Waals surface area (Å²) in [5.41, 5.74) is -0.490. The maximum atomic E-state index is 12.8. The number of benzene rings is 1. The molecule has 0 aliphatic heterocycles. The van der Waals surface area contributed by atoms with Crippen molar-refractivity contribution in [2.45, 2.75) is 110 Å². The van der Waals surface area contributed by atoms with Gasteiger partial charge in [-0.25, -0.2) is 0 Å². The Morgan fingerprint density at radius 2 is 1.47 bits per heavy atom. The topological polar surface area (TPSA) is 40.1 Å². The van der Waals surface area contributed by atoms with Crippen molar-refractivity contribution in [2.75, 3.05) is 0 Å². The summed E-state index contributed by atoms with van der Waals surface area (Å²) in [6, 6.07) is 6.37. The van der Waals surface area contributed by atoms with Gasteiger partial charge in [-0.3, -0.25) is 0 Å². The zero-order valence-corrected chi connectivity index (χ0v) is 22.9. The van der Waals surface area contributed by atoms with Crippen molar-refractivity contribution in [1.82, 2.24) is 0 Å². The van der Waals surface area contributed by atoms with Gasteiger partial charge in [0.1, 0.15) is 0 Å².